The van der Waals surface area contributed by atoms with Gasteiger partial charge in [0.1, 0.15) is 0 Å². The van der Waals surface area contributed by atoms with E-state index in [0.29, 0.717) is 6.04 Å². The normalized spacial score (nSPS) is 21.2. The molecule has 0 saturated carbocycles. The average molecular weight is 243 g/mol. The number of nitrogens with zero attached hydrogens (tertiary/aromatic N) is 1. The van der Waals surface area contributed by atoms with Gasteiger partial charge in [-0.1, -0.05) is 0 Å². The molecular formula is C10H15BrN2. The summed E-state index contributed by atoms with van der Waals surface area (Å²) >= 11 is 3.64. The van der Waals surface area contributed by atoms with Crippen molar-refractivity contribution < 1.29 is 0 Å². The van der Waals surface area contributed by atoms with Crippen LogP contribution in [0.4, 0.5) is 0 Å². The van der Waals surface area contributed by atoms with Gasteiger partial charge >= 0.3 is 0 Å². The van der Waals surface area contributed by atoms with Gasteiger partial charge in [-0.3, -0.25) is 0 Å². The van der Waals surface area contributed by atoms with Gasteiger partial charge < -0.3 is 10.3 Å². The zero-order valence-electron chi connectivity index (χ0n) is 8.05. The van der Waals surface area contributed by atoms with E-state index in [0.717, 1.165) is 12.8 Å². The van der Waals surface area contributed by atoms with Gasteiger partial charge in [0.2, 0.25) is 0 Å². The molecule has 2 nitrogen and oxygen atoms in total. The van der Waals surface area contributed by atoms with Crippen LogP contribution in [0.15, 0.2) is 10.8 Å². The molecule has 72 valence electrons. The smallest absolute Gasteiger partial charge is 0.0884 e. The van der Waals surface area contributed by atoms with E-state index in [9.17, 15) is 0 Å². The quantitative estimate of drug-likeness (QED) is 0.807. The van der Waals surface area contributed by atoms with E-state index in [2.05, 4.69) is 40.5 Å². The van der Waals surface area contributed by atoms with Gasteiger partial charge in [0, 0.05) is 18.3 Å². The van der Waals surface area contributed by atoms with Gasteiger partial charge in [-0.2, -0.15) is 0 Å². The molecule has 0 fully saturated rings. The molecule has 1 aromatic heterocycles. The first-order valence-electron chi connectivity index (χ1n) is 4.76. The predicted molar refractivity (Wildman–Crippen MR) is 57.8 cm³/mol. The summed E-state index contributed by atoms with van der Waals surface area (Å²) < 4.78 is 3.48. The second-order valence-electron chi connectivity index (χ2n) is 4.00. The molecule has 0 spiro atoms. The second-order valence-corrected chi connectivity index (χ2v) is 4.75. The number of rotatable bonds is 1. The van der Waals surface area contributed by atoms with Crippen LogP contribution in [0.25, 0.3) is 0 Å². The highest BCUT2D eigenvalue weighted by atomic mass is 79.9. The van der Waals surface area contributed by atoms with Crippen LogP contribution in [0.1, 0.15) is 43.5 Å². The van der Waals surface area contributed by atoms with Crippen molar-refractivity contribution in [3.63, 3.8) is 0 Å². The number of aromatic nitrogens is 1. The van der Waals surface area contributed by atoms with Gasteiger partial charge in [-0.05, 0) is 53.7 Å². The SMILES string of the molecule is CC(C)n1cc2c(c1Br)CCC2N. The molecule has 0 saturated heterocycles. The van der Waals surface area contributed by atoms with Gasteiger partial charge in [0.15, 0.2) is 0 Å². The number of halogens is 1. The van der Waals surface area contributed by atoms with Crippen molar-refractivity contribution in [2.24, 2.45) is 5.73 Å². The molecule has 3 heteroatoms. The topological polar surface area (TPSA) is 30.9 Å². The molecule has 0 radical (unpaired) electrons. The minimum absolute atomic E-state index is 0.256. The Labute approximate surface area is 87.2 Å². The molecule has 1 heterocycles. The molecule has 1 aliphatic rings. The standard InChI is InChI=1S/C10H15BrN2/c1-6(2)13-5-8-7(10(13)11)3-4-9(8)12/h5-6,9H,3-4,12H2,1-2H3. The van der Waals surface area contributed by atoms with E-state index in [-0.39, 0.29) is 6.04 Å². The summed E-state index contributed by atoms with van der Waals surface area (Å²) in [5, 5.41) is 0. The lowest BCUT2D eigenvalue weighted by molar-refractivity contribution is 0.581. The zero-order chi connectivity index (χ0) is 9.59. The molecule has 0 amide bonds. The third-order valence-electron chi connectivity index (χ3n) is 2.76. The summed E-state index contributed by atoms with van der Waals surface area (Å²) in [5.41, 5.74) is 8.75. The fourth-order valence-corrected chi connectivity index (χ4v) is 2.90. The van der Waals surface area contributed by atoms with Crippen molar-refractivity contribution in [2.45, 2.75) is 38.8 Å². The Kier molecular flexibility index (Phi) is 2.24. The van der Waals surface area contributed by atoms with Crippen molar-refractivity contribution in [2.75, 3.05) is 0 Å². The van der Waals surface area contributed by atoms with Crippen molar-refractivity contribution in [1.82, 2.24) is 4.57 Å². The monoisotopic (exact) mass is 242 g/mol. The number of hydrogen-bond acceptors (Lipinski definition) is 1. The molecule has 2 rings (SSSR count). The molecule has 1 aliphatic carbocycles. The van der Waals surface area contributed by atoms with Gasteiger partial charge in [0.05, 0.1) is 4.60 Å². The number of nitrogens with two attached hydrogens (primary N) is 1. The molecule has 1 unspecified atom stereocenters. The number of fused-ring (bicyclic) bond motifs is 1. The van der Waals surface area contributed by atoms with Crippen LogP contribution in [-0.4, -0.2) is 4.57 Å². The van der Waals surface area contributed by atoms with Crippen molar-refractivity contribution in [1.29, 1.82) is 0 Å². The highest BCUT2D eigenvalue weighted by Gasteiger charge is 2.25. The van der Waals surface area contributed by atoms with Gasteiger partial charge in [0.25, 0.3) is 0 Å². The molecular weight excluding hydrogens is 228 g/mol. The molecule has 0 bridgehead atoms. The minimum Gasteiger partial charge on any atom is -0.339 e. The van der Waals surface area contributed by atoms with E-state index < -0.39 is 0 Å². The van der Waals surface area contributed by atoms with E-state index in [4.69, 9.17) is 5.73 Å². The first-order valence-corrected chi connectivity index (χ1v) is 5.55. The van der Waals surface area contributed by atoms with Crippen LogP contribution in [-0.2, 0) is 6.42 Å². The highest BCUT2D eigenvalue weighted by molar-refractivity contribution is 9.10. The molecule has 1 aromatic rings. The minimum atomic E-state index is 0.256. The van der Waals surface area contributed by atoms with Gasteiger partial charge in [-0.15, -0.1) is 0 Å². The van der Waals surface area contributed by atoms with E-state index in [1.165, 1.54) is 15.7 Å². The molecule has 13 heavy (non-hydrogen) atoms. The molecule has 0 aromatic carbocycles. The third kappa shape index (κ3) is 1.34. The summed E-state index contributed by atoms with van der Waals surface area (Å²) in [6.07, 6.45) is 4.42. The summed E-state index contributed by atoms with van der Waals surface area (Å²) in [5.74, 6) is 0. The first-order chi connectivity index (χ1) is 6.11. The van der Waals surface area contributed by atoms with Gasteiger partial charge in [-0.25, -0.2) is 0 Å². The lowest BCUT2D eigenvalue weighted by atomic mass is 10.2. The Bertz CT molecular complexity index is 327. The second kappa shape index (κ2) is 3.14. The molecule has 0 aliphatic heterocycles. The largest absolute Gasteiger partial charge is 0.339 e. The van der Waals surface area contributed by atoms with Crippen LogP contribution in [0.2, 0.25) is 0 Å². The first kappa shape index (κ1) is 9.28. The van der Waals surface area contributed by atoms with Crippen LogP contribution in [0, 0.1) is 0 Å². The van der Waals surface area contributed by atoms with Crippen molar-refractivity contribution in [3.8, 4) is 0 Å². The van der Waals surface area contributed by atoms with Crippen molar-refractivity contribution >= 4 is 15.9 Å². The van der Waals surface area contributed by atoms with E-state index in [1.807, 2.05) is 0 Å². The van der Waals surface area contributed by atoms with Crippen LogP contribution < -0.4 is 5.73 Å². The maximum absolute atomic E-state index is 5.99. The average Bonchev–Trinajstić information content (AvgIpc) is 2.55. The maximum Gasteiger partial charge on any atom is 0.0884 e. The number of hydrogen-bond donors (Lipinski definition) is 1. The Morgan fingerprint density at radius 2 is 2.31 bits per heavy atom. The summed E-state index contributed by atoms with van der Waals surface area (Å²) in [6, 6.07) is 0.762. The summed E-state index contributed by atoms with van der Waals surface area (Å²) in [4.78, 5) is 0. The Morgan fingerprint density at radius 1 is 1.62 bits per heavy atom. The Balaban J connectivity index is 2.49. The zero-order valence-corrected chi connectivity index (χ0v) is 9.63. The van der Waals surface area contributed by atoms with Crippen LogP contribution in [0.5, 0.6) is 0 Å². The lowest BCUT2D eigenvalue weighted by Crippen LogP contribution is -2.06. The molecule has 1 atom stereocenters. The Hall–Kier alpha value is -0.280. The summed E-state index contributed by atoms with van der Waals surface area (Å²) in [6.45, 7) is 4.37. The van der Waals surface area contributed by atoms with Crippen molar-refractivity contribution in [3.05, 3.63) is 21.9 Å². The summed E-state index contributed by atoms with van der Waals surface area (Å²) in [7, 11) is 0. The lowest BCUT2D eigenvalue weighted by Gasteiger charge is -2.10. The van der Waals surface area contributed by atoms with E-state index in [1.54, 1.807) is 0 Å². The Morgan fingerprint density at radius 3 is 2.85 bits per heavy atom. The van der Waals surface area contributed by atoms with Crippen LogP contribution >= 0.6 is 15.9 Å². The predicted octanol–water partition coefficient (Wildman–Crippen LogP) is 2.78. The fraction of sp³-hybridized carbons (Fsp3) is 0.600. The highest BCUT2D eigenvalue weighted by Crippen LogP contribution is 2.37. The third-order valence-corrected chi connectivity index (χ3v) is 3.65. The molecule has 2 N–H and O–H groups in total. The van der Waals surface area contributed by atoms with E-state index >= 15 is 0 Å². The maximum atomic E-state index is 5.99. The fourth-order valence-electron chi connectivity index (χ4n) is 1.96. The van der Waals surface area contributed by atoms with Crippen LogP contribution in [0.3, 0.4) is 0 Å².